The highest BCUT2D eigenvalue weighted by Crippen LogP contribution is 2.20. The Morgan fingerprint density at radius 2 is 2.12 bits per heavy atom. The molecule has 0 spiro atoms. The molecule has 2 aromatic rings. The van der Waals surface area contributed by atoms with Gasteiger partial charge >= 0.3 is 0 Å². The van der Waals surface area contributed by atoms with Crippen LogP contribution in [0.4, 0.5) is 5.69 Å². The van der Waals surface area contributed by atoms with Crippen LogP contribution < -0.4 is 5.32 Å². The second kappa shape index (κ2) is 4.97. The highest BCUT2D eigenvalue weighted by Gasteiger charge is 2.00. The molecule has 0 fully saturated rings. The van der Waals surface area contributed by atoms with Crippen molar-refractivity contribution in [2.24, 2.45) is 0 Å². The molecule has 1 aromatic carbocycles. The Morgan fingerprint density at radius 3 is 2.75 bits per heavy atom. The lowest BCUT2D eigenvalue weighted by Gasteiger charge is -2.06. The Hall–Kier alpha value is -0.870. The number of rotatable bonds is 3. The molecule has 16 heavy (non-hydrogen) atoms. The summed E-state index contributed by atoms with van der Waals surface area (Å²) in [6.45, 7) is 4.89. The molecule has 0 unspecified atom stereocenters. The van der Waals surface area contributed by atoms with Crippen LogP contribution in [-0.2, 0) is 6.54 Å². The molecule has 1 N–H and O–H groups in total. The quantitative estimate of drug-likeness (QED) is 0.921. The topological polar surface area (TPSA) is 24.9 Å². The maximum atomic E-state index is 4.41. The third kappa shape index (κ3) is 3.06. The summed E-state index contributed by atoms with van der Waals surface area (Å²) in [5.41, 5.74) is 3.46. The minimum absolute atomic E-state index is 0.786. The highest BCUT2D eigenvalue weighted by atomic mass is 79.9. The van der Waals surface area contributed by atoms with Crippen LogP contribution in [0.15, 0.2) is 28.1 Å². The van der Waals surface area contributed by atoms with Crippen LogP contribution in [0.1, 0.15) is 16.3 Å². The molecule has 0 aliphatic rings. The van der Waals surface area contributed by atoms with Crippen LogP contribution in [0.3, 0.4) is 0 Å². The van der Waals surface area contributed by atoms with Gasteiger partial charge in [-0.15, -0.1) is 11.3 Å². The predicted molar refractivity (Wildman–Crippen MR) is 73.1 cm³/mol. The lowest BCUT2D eigenvalue weighted by atomic mass is 10.2. The van der Waals surface area contributed by atoms with Crippen molar-refractivity contribution < 1.29 is 0 Å². The van der Waals surface area contributed by atoms with Gasteiger partial charge in [-0.05, 0) is 37.6 Å². The summed E-state index contributed by atoms with van der Waals surface area (Å²) in [5, 5.41) is 6.57. The van der Waals surface area contributed by atoms with Crippen LogP contribution in [-0.4, -0.2) is 4.98 Å². The van der Waals surface area contributed by atoms with Crippen molar-refractivity contribution in [2.45, 2.75) is 20.4 Å². The molecule has 0 amide bonds. The smallest absolute Gasteiger partial charge is 0.112 e. The van der Waals surface area contributed by atoms with Gasteiger partial charge in [0.15, 0.2) is 0 Å². The number of halogens is 1. The Bertz CT molecular complexity index is 473. The van der Waals surface area contributed by atoms with Crippen molar-refractivity contribution in [1.82, 2.24) is 4.98 Å². The fourth-order valence-corrected chi connectivity index (χ4v) is 2.82. The third-order valence-corrected chi connectivity index (χ3v) is 3.58. The van der Waals surface area contributed by atoms with Gasteiger partial charge in [0.05, 0.1) is 6.54 Å². The molecule has 0 aliphatic heterocycles. The van der Waals surface area contributed by atoms with E-state index in [2.05, 4.69) is 56.7 Å². The number of anilines is 1. The number of thiazole rings is 1. The maximum absolute atomic E-state index is 4.41. The number of hydrogen-bond donors (Lipinski definition) is 1. The fourth-order valence-electron chi connectivity index (χ4n) is 1.50. The summed E-state index contributed by atoms with van der Waals surface area (Å²) in [6, 6.07) is 6.30. The van der Waals surface area contributed by atoms with Gasteiger partial charge in [0, 0.05) is 21.2 Å². The molecule has 1 heterocycles. The lowest BCUT2D eigenvalue weighted by Crippen LogP contribution is -1.99. The van der Waals surface area contributed by atoms with Gasteiger partial charge in [-0.25, -0.2) is 4.98 Å². The molecule has 0 radical (unpaired) electrons. The van der Waals surface area contributed by atoms with Gasteiger partial charge in [0.2, 0.25) is 0 Å². The Balaban J connectivity index is 2.04. The Labute approximate surface area is 108 Å². The van der Waals surface area contributed by atoms with Gasteiger partial charge in [0.25, 0.3) is 0 Å². The minimum atomic E-state index is 0.786. The molecule has 2 nitrogen and oxygen atoms in total. The predicted octanol–water partition coefficient (Wildman–Crippen LogP) is 4.13. The number of nitrogens with one attached hydrogen (secondary N) is 1. The van der Waals surface area contributed by atoms with E-state index < -0.39 is 0 Å². The first kappa shape index (κ1) is 11.6. The van der Waals surface area contributed by atoms with E-state index in [-0.39, 0.29) is 0 Å². The van der Waals surface area contributed by atoms with E-state index in [1.165, 1.54) is 5.56 Å². The maximum Gasteiger partial charge on any atom is 0.112 e. The van der Waals surface area contributed by atoms with Crippen molar-refractivity contribution in [3.63, 3.8) is 0 Å². The SMILES string of the molecule is Cc1cc(Br)cc(NCc2nc(C)cs2)c1. The summed E-state index contributed by atoms with van der Waals surface area (Å²) >= 11 is 5.18. The standard InChI is InChI=1S/C12H13BrN2S/c1-8-3-10(13)5-11(4-8)14-6-12-15-9(2)7-16-12/h3-5,7,14H,6H2,1-2H3. The Kier molecular flexibility index (Phi) is 3.61. The zero-order valence-electron chi connectivity index (χ0n) is 9.25. The van der Waals surface area contributed by atoms with Crippen molar-refractivity contribution >= 4 is 33.0 Å². The number of benzene rings is 1. The minimum Gasteiger partial charge on any atom is -0.378 e. The van der Waals surface area contributed by atoms with E-state index in [1.807, 2.05) is 6.92 Å². The molecule has 0 atom stereocenters. The lowest BCUT2D eigenvalue weighted by molar-refractivity contribution is 1.07. The zero-order valence-corrected chi connectivity index (χ0v) is 11.7. The van der Waals surface area contributed by atoms with Gasteiger partial charge in [0.1, 0.15) is 5.01 Å². The highest BCUT2D eigenvalue weighted by molar-refractivity contribution is 9.10. The van der Waals surface area contributed by atoms with Gasteiger partial charge < -0.3 is 5.32 Å². The summed E-state index contributed by atoms with van der Waals surface area (Å²) in [4.78, 5) is 4.41. The van der Waals surface area contributed by atoms with E-state index in [9.17, 15) is 0 Å². The van der Waals surface area contributed by atoms with Crippen molar-refractivity contribution in [2.75, 3.05) is 5.32 Å². The van der Waals surface area contributed by atoms with E-state index in [1.54, 1.807) is 11.3 Å². The fraction of sp³-hybridized carbons (Fsp3) is 0.250. The molecule has 4 heteroatoms. The van der Waals surface area contributed by atoms with Crippen LogP contribution >= 0.6 is 27.3 Å². The number of aryl methyl sites for hydroxylation is 2. The van der Waals surface area contributed by atoms with Gasteiger partial charge in [-0.3, -0.25) is 0 Å². The first-order valence-corrected chi connectivity index (χ1v) is 6.73. The second-order valence-electron chi connectivity index (χ2n) is 3.75. The number of nitrogens with zero attached hydrogens (tertiary/aromatic N) is 1. The number of hydrogen-bond acceptors (Lipinski definition) is 3. The van der Waals surface area contributed by atoms with Crippen LogP contribution in [0.5, 0.6) is 0 Å². The molecule has 0 bridgehead atoms. The van der Waals surface area contributed by atoms with E-state index in [4.69, 9.17) is 0 Å². The van der Waals surface area contributed by atoms with Gasteiger partial charge in [-0.2, -0.15) is 0 Å². The third-order valence-electron chi connectivity index (χ3n) is 2.15. The molecular weight excluding hydrogens is 284 g/mol. The molecule has 0 saturated heterocycles. The molecule has 0 aliphatic carbocycles. The summed E-state index contributed by atoms with van der Waals surface area (Å²) in [5.74, 6) is 0. The van der Waals surface area contributed by atoms with E-state index in [0.717, 1.165) is 27.4 Å². The monoisotopic (exact) mass is 296 g/mol. The molecular formula is C12H13BrN2S. The van der Waals surface area contributed by atoms with Crippen molar-refractivity contribution in [3.8, 4) is 0 Å². The largest absolute Gasteiger partial charge is 0.378 e. The van der Waals surface area contributed by atoms with Crippen LogP contribution in [0.25, 0.3) is 0 Å². The summed E-state index contributed by atoms with van der Waals surface area (Å²) in [7, 11) is 0. The second-order valence-corrected chi connectivity index (χ2v) is 5.61. The van der Waals surface area contributed by atoms with E-state index >= 15 is 0 Å². The molecule has 0 saturated carbocycles. The van der Waals surface area contributed by atoms with Crippen LogP contribution in [0, 0.1) is 13.8 Å². The first-order chi connectivity index (χ1) is 7.63. The van der Waals surface area contributed by atoms with Crippen molar-refractivity contribution in [3.05, 3.63) is 44.3 Å². The average Bonchev–Trinajstić information content (AvgIpc) is 2.60. The molecule has 1 aromatic heterocycles. The summed E-state index contributed by atoms with van der Waals surface area (Å²) in [6.07, 6.45) is 0. The van der Waals surface area contributed by atoms with Crippen molar-refractivity contribution in [1.29, 1.82) is 0 Å². The Morgan fingerprint density at radius 1 is 1.31 bits per heavy atom. The van der Waals surface area contributed by atoms with Gasteiger partial charge in [-0.1, -0.05) is 15.9 Å². The van der Waals surface area contributed by atoms with E-state index in [0.29, 0.717) is 0 Å². The first-order valence-electron chi connectivity index (χ1n) is 5.05. The number of aromatic nitrogens is 1. The summed E-state index contributed by atoms with van der Waals surface area (Å²) < 4.78 is 1.10. The van der Waals surface area contributed by atoms with Crippen LogP contribution in [0.2, 0.25) is 0 Å². The average molecular weight is 297 g/mol. The molecule has 84 valence electrons. The zero-order chi connectivity index (χ0) is 11.5. The molecule has 2 rings (SSSR count). The normalized spacial score (nSPS) is 10.4.